The van der Waals surface area contributed by atoms with E-state index < -0.39 is 0 Å². The summed E-state index contributed by atoms with van der Waals surface area (Å²) < 4.78 is 14.4. The Morgan fingerprint density at radius 2 is 2.04 bits per heavy atom. The van der Waals surface area contributed by atoms with E-state index in [4.69, 9.17) is 0 Å². The molecule has 1 atom stereocenters. The van der Waals surface area contributed by atoms with Gasteiger partial charge < -0.3 is 5.43 Å². The first kappa shape index (κ1) is 16.7. The van der Waals surface area contributed by atoms with Gasteiger partial charge in [-0.1, -0.05) is 37.3 Å². The average Bonchev–Trinajstić information content (AvgIpc) is 3.02. The summed E-state index contributed by atoms with van der Waals surface area (Å²) in [6, 6.07) is 14.0. The molecule has 1 aliphatic carbocycles. The summed E-state index contributed by atoms with van der Waals surface area (Å²) in [5.41, 5.74) is 8.46. The molecule has 0 saturated heterocycles. The Balaban J connectivity index is 1.91. The van der Waals surface area contributed by atoms with E-state index in [9.17, 15) is 4.39 Å². The Kier molecular flexibility index (Phi) is 5.29. The maximum atomic E-state index is 14.4. The molecule has 2 aromatic rings. The van der Waals surface area contributed by atoms with E-state index in [1.54, 1.807) is 6.07 Å². The summed E-state index contributed by atoms with van der Waals surface area (Å²) in [5, 5.41) is 4.51. The predicted octanol–water partition coefficient (Wildman–Crippen LogP) is 4.82. The number of hydrogen-bond donors (Lipinski definition) is 1. The van der Waals surface area contributed by atoms with Crippen LogP contribution in [0.15, 0.2) is 47.6 Å². The van der Waals surface area contributed by atoms with Crippen molar-refractivity contribution in [3.8, 4) is 0 Å². The Hall–Kier alpha value is -2.16. The van der Waals surface area contributed by atoms with Gasteiger partial charge in [-0.3, -0.25) is 0 Å². The zero-order chi connectivity index (χ0) is 16.9. The Morgan fingerprint density at radius 3 is 2.83 bits per heavy atom. The molecule has 3 heteroatoms. The molecule has 2 nitrogen and oxygen atoms in total. The van der Waals surface area contributed by atoms with Crippen LogP contribution >= 0.6 is 0 Å². The van der Waals surface area contributed by atoms with E-state index in [2.05, 4.69) is 41.7 Å². The first-order valence-corrected chi connectivity index (χ1v) is 8.89. The molecule has 0 spiro atoms. The van der Waals surface area contributed by atoms with Gasteiger partial charge in [-0.15, -0.1) is 0 Å². The number of hydrazone groups is 1. The van der Waals surface area contributed by atoms with Crippen LogP contribution in [0.25, 0.3) is 0 Å². The molecule has 0 fully saturated rings. The predicted molar refractivity (Wildman–Crippen MR) is 98.1 cm³/mol. The second-order valence-corrected chi connectivity index (χ2v) is 6.38. The first-order valence-electron chi connectivity index (χ1n) is 8.89. The number of halogens is 1. The van der Waals surface area contributed by atoms with E-state index >= 15 is 0 Å². The van der Waals surface area contributed by atoms with Crippen LogP contribution < -0.4 is 5.43 Å². The second kappa shape index (κ2) is 7.61. The molecule has 3 rings (SSSR count). The highest BCUT2D eigenvalue weighted by molar-refractivity contribution is 6.01. The topological polar surface area (TPSA) is 24.4 Å². The Labute approximate surface area is 143 Å². The minimum atomic E-state index is -0.185. The normalized spacial score (nSPS) is 17.0. The molecule has 24 heavy (non-hydrogen) atoms. The van der Waals surface area contributed by atoms with Crippen LogP contribution in [-0.4, -0.2) is 12.3 Å². The van der Waals surface area contributed by atoms with Crippen molar-refractivity contribution in [1.82, 2.24) is 5.43 Å². The van der Waals surface area contributed by atoms with Crippen LogP contribution in [-0.2, 0) is 12.8 Å². The molecule has 1 N–H and O–H groups in total. The van der Waals surface area contributed by atoms with Gasteiger partial charge in [0.2, 0.25) is 0 Å². The van der Waals surface area contributed by atoms with Gasteiger partial charge >= 0.3 is 0 Å². The van der Waals surface area contributed by atoms with Crippen molar-refractivity contribution < 1.29 is 4.39 Å². The molecule has 126 valence electrons. The van der Waals surface area contributed by atoms with Crippen molar-refractivity contribution in [3.05, 3.63) is 70.5 Å². The van der Waals surface area contributed by atoms with E-state index in [1.165, 1.54) is 11.1 Å². The average molecular weight is 324 g/mol. The van der Waals surface area contributed by atoms with Crippen LogP contribution in [0.4, 0.5) is 4.39 Å². The molecule has 1 aliphatic rings. The van der Waals surface area contributed by atoms with Crippen LogP contribution in [0.3, 0.4) is 0 Å². The summed E-state index contributed by atoms with van der Waals surface area (Å²) in [5.74, 6) is 0.235. The minimum absolute atomic E-state index is 0.185. The van der Waals surface area contributed by atoms with Gasteiger partial charge in [0.05, 0.1) is 5.71 Å². The van der Waals surface area contributed by atoms with Crippen molar-refractivity contribution >= 4 is 5.71 Å². The Bertz CT molecular complexity index is 736. The molecule has 0 heterocycles. The molecule has 0 aromatic heterocycles. The number of aryl methyl sites for hydroxylation is 2. The lowest BCUT2D eigenvalue weighted by Crippen LogP contribution is -2.15. The lowest BCUT2D eigenvalue weighted by atomic mass is 9.91. The maximum absolute atomic E-state index is 14.4. The summed E-state index contributed by atoms with van der Waals surface area (Å²) in [6.45, 7) is 4.83. The molecular weight excluding hydrogens is 299 g/mol. The number of benzene rings is 2. The highest BCUT2D eigenvalue weighted by atomic mass is 19.1. The summed E-state index contributed by atoms with van der Waals surface area (Å²) in [4.78, 5) is 0. The van der Waals surface area contributed by atoms with E-state index in [1.807, 2.05) is 19.1 Å². The fraction of sp³-hybridized carbons (Fsp3) is 0.381. The quantitative estimate of drug-likeness (QED) is 0.598. The summed E-state index contributed by atoms with van der Waals surface area (Å²) in [7, 11) is 0. The largest absolute Gasteiger partial charge is 0.310 e. The van der Waals surface area contributed by atoms with Gasteiger partial charge in [0.25, 0.3) is 0 Å². The van der Waals surface area contributed by atoms with Gasteiger partial charge in [-0.05, 0) is 67.3 Å². The molecule has 1 unspecified atom stereocenters. The highest BCUT2D eigenvalue weighted by Gasteiger charge is 2.25. The smallest absolute Gasteiger partial charge is 0.132 e. The van der Waals surface area contributed by atoms with Crippen molar-refractivity contribution in [2.75, 3.05) is 6.54 Å². The zero-order valence-electron chi connectivity index (χ0n) is 14.5. The van der Waals surface area contributed by atoms with Crippen molar-refractivity contribution in [1.29, 1.82) is 0 Å². The van der Waals surface area contributed by atoms with E-state index in [0.29, 0.717) is 11.5 Å². The van der Waals surface area contributed by atoms with Crippen LogP contribution in [0.5, 0.6) is 0 Å². The van der Waals surface area contributed by atoms with Gasteiger partial charge in [0.15, 0.2) is 0 Å². The standard InChI is InChI=1S/C21H25FN2/c1-3-15-9-12-20(22)19(13-15)21(24-23-4-2)14-17-11-10-16-7-5-6-8-18(16)17/h5-9,12-13,17,23H,3-4,10-11,14H2,1-2H3/b24-21+. The zero-order valence-corrected chi connectivity index (χ0v) is 14.5. The number of rotatable bonds is 6. The van der Waals surface area contributed by atoms with Crippen LogP contribution in [0, 0.1) is 5.82 Å². The molecular formula is C21H25FN2. The Morgan fingerprint density at radius 1 is 1.21 bits per heavy atom. The first-order chi connectivity index (χ1) is 11.7. The van der Waals surface area contributed by atoms with Gasteiger partial charge in [-0.2, -0.15) is 5.10 Å². The summed E-state index contributed by atoms with van der Waals surface area (Å²) in [6.07, 6.45) is 3.88. The summed E-state index contributed by atoms with van der Waals surface area (Å²) >= 11 is 0. The minimum Gasteiger partial charge on any atom is -0.310 e. The maximum Gasteiger partial charge on any atom is 0.132 e. The lowest BCUT2D eigenvalue weighted by Gasteiger charge is -2.15. The van der Waals surface area contributed by atoms with Crippen LogP contribution in [0.2, 0.25) is 0 Å². The fourth-order valence-electron chi connectivity index (χ4n) is 3.49. The van der Waals surface area contributed by atoms with Gasteiger partial charge in [0.1, 0.15) is 5.82 Å². The monoisotopic (exact) mass is 324 g/mol. The SMILES string of the molecule is CCN/N=C(\CC1CCc2ccccc21)c1cc(CC)ccc1F. The van der Waals surface area contributed by atoms with Gasteiger partial charge in [0, 0.05) is 12.1 Å². The molecule has 2 aromatic carbocycles. The molecule has 0 radical (unpaired) electrons. The molecule has 0 saturated carbocycles. The van der Waals surface area contributed by atoms with Crippen molar-refractivity contribution in [2.24, 2.45) is 5.10 Å². The van der Waals surface area contributed by atoms with Gasteiger partial charge in [-0.25, -0.2) is 4.39 Å². The fourth-order valence-corrected chi connectivity index (χ4v) is 3.49. The molecule has 0 bridgehead atoms. The molecule has 0 amide bonds. The number of nitrogens with zero attached hydrogens (tertiary/aromatic N) is 1. The number of fused-ring (bicyclic) bond motifs is 1. The third-order valence-corrected chi connectivity index (χ3v) is 4.82. The van der Waals surface area contributed by atoms with Crippen molar-refractivity contribution in [2.45, 2.75) is 45.4 Å². The van der Waals surface area contributed by atoms with E-state index in [0.717, 1.165) is 43.5 Å². The number of nitrogens with one attached hydrogen (secondary N) is 1. The lowest BCUT2D eigenvalue weighted by molar-refractivity contribution is 0.620. The third kappa shape index (κ3) is 3.50. The van der Waals surface area contributed by atoms with E-state index in [-0.39, 0.29) is 5.82 Å². The number of hydrogen-bond acceptors (Lipinski definition) is 2. The van der Waals surface area contributed by atoms with Crippen LogP contribution in [0.1, 0.15) is 54.9 Å². The van der Waals surface area contributed by atoms with Crippen molar-refractivity contribution in [3.63, 3.8) is 0 Å². The second-order valence-electron chi connectivity index (χ2n) is 6.38. The molecule has 0 aliphatic heterocycles. The highest BCUT2D eigenvalue weighted by Crippen LogP contribution is 2.36. The third-order valence-electron chi connectivity index (χ3n) is 4.82.